The number of rotatable bonds is 4. The normalized spacial score (nSPS) is 13.2. The molecule has 0 amide bonds. The van der Waals surface area contributed by atoms with E-state index in [1.54, 1.807) is 11.3 Å². The van der Waals surface area contributed by atoms with E-state index in [4.69, 9.17) is 5.73 Å². The molecule has 1 rings (SSSR count). The van der Waals surface area contributed by atoms with Gasteiger partial charge in [0, 0.05) is 22.9 Å². The fraction of sp³-hybridized carbons (Fsp3) is 0.625. The van der Waals surface area contributed by atoms with Crippen molar-refractivity contribution in [2.24, 2.45) is 5.73 Å². The molecule has 0 aliphatic heterocycles. The van der Waals surface area contributed by atoms with Crippen molar-refractivity contribution in [3.8, 4) is 0 Å². The molecule has 0 spiro atoms. The van der Waals surface area contributed by atoms with Crippen LogP contribution in [0.4, 0.5) is 0 Å². The standard InChI is InChI=1S/C8H14N2S2/c1-6(3-9)11-4-8-5-12-7(2)10-8/h5-6H,3-4,9H2,1-2H3. The van der Waals surface area contributed by atoms with Gasteiger partial charge in [0.1, 0.15) is 0 Å². The van der Waals surface area contributed by atoms with E-state index >= 15 is 0 Å². The number of nitrogens with two attached hydrogens (primary N) is 1. The first-order valence-corrected chi connectivity index (χ1v) is 5.88. The molecule has 0 saturated carbocycles. The second-order valence-electron chi connectivity index (χ2n) is 2.72. The summed E-state index contributed by atoms with van der Waals surface area (Å²) >= 11 is 3.57. The number of aromatic nitrogens is 1. The summed E-state index contributed by atoms with van der Waals surface area (Å²) in [5, 5.41) is 3.80. The molecule has 0 radical (unpaired) electrons. The van der Waals surface area contributed by atoms with Gasteiger partial charge in [0.25, 0.3) is 0 Å². The van der Waals surface area contributed by atoms with E-state index in [0.717, 1.165) is 17.3 Å². The van der Waals surface area contributed by atoms with E-state index in [-0.39, 0.29) is 0 Å². The summed E-state index contributed by atoms with van der Waals surface area (Å²) in [7, 11) is 0. The third-order valence-corrected chi connectivity index (χ3v) is 3.56. The van der Waals surface area contributed by atoms with Crippen molar-refractivity contribution >= 4 is 23.1 Å². The molecule has 12 heavy (non-hydrogen) atoms. The number of hydrogen-bond donors (Lipinski definition) is 1. The monoisotopic (exact) mass is 202 g/mol. The fourth-order valence-electron chi connectivity index (χ4n) is 0.770. The smallest absolute Gasteiger partial charge is 0.0897 e. The summed E-state index contributed by atoms with van der Waals surface area (Å²) in [6, 6.07) is 0. The van der Waals surface area contributed by atoms with Crippen molar-refractivity contribution < 1.29 is 0 Å². The fourth-order valence-corrected chi connectivity index (χ4v) is 2.23. The van der Waals surface area contributed by atoms with Gasteiger partial charge >= 0.3 is 0 Å². The molecule has 4 heteroatoms. The first kappa shape index (κ1) is 10.0. The molecule has 0 fully saturated rings. The molecule has 1 unspecified atom stereocenters. The lowest BCUT2D eigenvalue weighted by atomic mass is 10.5. The van der Waals surface area contributed by atoms with Crippen molar-refractivity contribution in [2.75, 3.05) is 6.54 Å². The molecule has 1 aromatic rings. The zero-order valence-electron chi connectivity index (χ0n) is 7.41. The maximum Gasteiger partial charge on any atom is 0.0897 e. The van der Waals surface area contributed by atoms with E-state index in [2.05, 4.69) is 17.3 Å². The van der Waals surface area contributed by atoms with Crippen LogP contribution in [0.25, 0.3) is 0 Å². The Kier molecular flexibility index (Phi) is 4.05. The molecule has 0 bridgehead atoms. The summed E-state index contributed by atoms with van der Waals surface area (Å²) in [5.74, 6) is 0.989. The molecule has 1 aromatic heterocycles. The number of thioether (sulfide) groups is 1. The zero-order chi connectivity index (χ0) is 8.97. The summed E-state index contributed by atoms with van der Waals surface area (Å²) in [6.07, 6.45) is 0. The molecular weight excluding hydrogens is 188 g/mol. The third-order valence-electron chi connectivity index (χ3n) is 1.51. The first-order chi connectivity index (χ1) is 5.72. The molecule has 0 aliphatic rings. The van der Waals surface area contributed by atoms with Crippen LogP contribution in [-0.2, 0) is 5.75 Å². The number of aryl methyl sites for hydroxylation is 1. The van der Waals surface area contributed by atoms with Crippen molar-refractivity contribution in [3.63, 3.8) is 0 Å². The Morgan fingerprint density at radius 2 is 2.50 bits per heavy atom. The first-order valence-electron chi connectivity index (χ1n) is 3.95. The lowest BCUT2D eigenvalue weighted by Crippen LogP contribution is -2.12. The summed E-state index contributed by atoms with van der Waals surface area (Å²) in [4.78, 5) is 4.37. The van der Waals surface area contributed by atoms with E-state index in [0.29, 0.717) is 5.25 Å². The van der Waals surface area contributed by atoms with Crippen LogP contribution in [0.15, 0.2) is 5.38 Å². The topological polar surface area (TPSA) is 38.9 Å². The molecule has 68 valence electrons. The lowest BCUT2D eigenvalue weighted by molar-refractivity contribution is 0.949. The summed E-state index contributed by atoms with van der Waals surface area (Å²) in [6.45, 7) is 4.92. The molecule has 1 heterocycles. The van der Waals surface area contributed by atoms with Crippen LogP contribution in [0.3, 0.4) is 0 Å². The average Bonchev–Trinajstić information content (AvgIpc) is 2.47. The number of hydrogen-bond acceptors (Lipinski definition) is 4. The van der Waals surface area contributed by atoms with Gasteiger partial charge in [-0.3, -0.25) is 0 Å². The van der Waals surface area contributed by atoms with Gasteiger partial charge in [0.15, 0.2) is 0 Å². The van der Waals surface area contributed by atoms with Crippen LogP contribution in [0, 0.1) is 6.92 Å². The lowest BCUT2D eigenvalue weighted by Gasteiger charge is -2.05. The third kappa shape index (κ3) is 3.13. The second-order valence-corrected chi connectivity index (χ2v) is 5.20. The van der Waals surface area contributed by atoms with E-state index in [1.165, 1.54) is 5.69 Å². The Morgan fingerprint density at radius 1 is 1.75 bits per heavy atom. The minimum absolute atomic E-state index is 0.534. The van der Waals surface area contributed by atoms with Crippen molar-refractivity contribution in [1.82, 2.24) is 4.98 Å². The minimum Gasteiger partial charge on any atom is -0.329 e. The highest BCUT2D eigenvalue weighted by molar-refractivity contribution is 7.99. The minimum atomic E-state index is 0.534. The van der Waals surface area contributed by atoms with Gasteiger partial charge < -0.3 is 5.73 Å². The maximum absolute atomic E-state index is 5.50. The summed E-state index contributed by atoms with van der Waals surface area (Å²) in [5.41, 5.74) is 6.69. The van der Waals surface area contributed by atoms with Gasteiger partial charge in [0.2, 0.25) is 0 Å². The van der Waals surface area contributed by atoms with Gasteiger partial charge in [-0.05, 0) is 6.92 Å². The molecule has 0 aromatic carbocycles. The van der Waals surface area contributed by atoms with Crippen LogP contribution in [0.5, 0.6) is 0 Å². The SMILES string of the molecule is Cc1nc(CSC(C)CN)cs1. The molecule has 0 saturated heterocycles. The van der Waals surface area contributed by atoms with Crippen molar-refractivity contribution in [1.29, 1.82) is 0 Å². The van der Waals surface area contributed by atoms with Gasteiger partial charge in [0.05, 0.1) is 10.7 Å². The van der Waals surface area contributed by atoms with E-state index < -0.39 is 0 Å². The molecular formula is C8H14N2S2. The Hall–Kier alpha value is -0.0600. The van der Waals surface area contributed by atoms with E-state index in [9.17, 15) is 0 Å². The summed E-state index contributed by atoms with van der Waals surface area (Å²) < 4.78 is 0. The predicted octanol–water partition coefficient (Wildman–Crippen LogP) is 2.03. The quantitative estimate of drug-likeness (QED) is 0.812. The van der Waals surface area contributed by atoms with Gasteiger partial charge in [-0.2, -0.15) is 11.8 Å². The average molecular weight is 202 g/mol. The van der Waals surface area contributed by atoms with Crippen molar-refractivity contribution in [2.45, 2.75) is 24.9 Å². The molecule has 0 aliphatic carbocycles. The molecule has 2 nitrogen and oxygen atoms in total. The van der Waals surface area contributed by atoms with Gasteiger partial charge in [-0.25, -0.2) is 4.98 Å². The molecule has 1 atom stereocenters. The van der Waals surface area contributed by atoms with Crippen LogP contribution in [0.1, 0.15) is 17.6 Å². The Bertz CT molecular complexity index is 235. The highest BCUT2D eigenvalue weighted by atomic mass is 32.2. The van der Waals surface area contributed by atoms with E-state index in [1.807, 2.05) is 18.7 Å². The van der Waals surface area contributed by atoms with Crippen LogP contribution in [-0.4, -0.2) is 16.8 Å². The number of nitrogens with zero attached hydrogens (tertiary/aromatic N) is 1. The van der Waals surface area contributed by atoms with Gasteiger partial charge in [-0.15, -0.1) is 11.3 Å². The van der Waals surface area contributed by atoms with Crippen LogP contribution < -0.4 is 5.73 Å². The molecule has 2 N–H and O–H groups in total. The highest BCUT2D eigenvalue weighted by Gasteiger charge is 2.02. The highest BCUT2D eigenvalue weighted by Crippen LogP contribution is 2.18. The Morgan fingerprint density at radius 3 is 3.00 bits per heavy atom. The Balaban J connectivity index is 2.33. The van der Waals surface area contributed by atoms with Crippen LogP contribution in [0.2, 0.25) is 0 Å². The van der Waals surface area contributed by atoms with Gasteiger partial charge in [-0.1, -0.05) is 6.92 Å². The Labute approximate surface area is 81.6 Å². The largest absolute Gasteiger partial charge is 0.329 e. The van der Waals surface area contributed by atoms with Crippen molar-refractivity contribution in [3.05, 3.63) is 16.1 Å². The maximum atomic E-state index is 5.50. The zero-order valence-corrected chi connectivity index (χ0v) is 9.04. The second kappa shape index (κ2) is 4.84. The predicted molar refractivity (Wildman–Crippen MR) is 56.7 cm³/mol. The van der Waals surface area contributed by atoms with Crippen LogP contribution >= 0.6 is 23.1 Å². The number of thiazole rings is 1.